The Morgan fingerprint density at radius 1 is 1.38 bits per heavy atom. The molecule has 2 atom stereocenters. The molecule has 0 aliphatic carbocycles. The molecule has 1 saturated heterocycles. The third kappa shape index (κ3) is 2.99. The molecule has 3 heteroatoms. The SMILES string of the molecule is C.C.COC(C)C(C)N1CCC1=O. The molecule has 0 radical (unpaired) electrons. The highest BCUT2D eigenvalue weighted by Crippen LogP contribution is 2.16. The second-order valence-corrected chi connectivity index (χ2v) is 3.02. The van der Waals surface area contributed by atoms with Crippen molar-refractivity contribution in [1.82, 2.24) is 4.90 Å². The summed E-state index contributed by atoms with van der Waals surface area (Å²) in [6.45, 7) is 4.90. The Morgan fingerprint density at radius 2 is 1.92 bits per heavy atom. The average Bonchev–Trinajstić information content (AvgIpc) is 2.00. The van der Waals surface area contributed by atoms with E-state index in [2.05, 4.69) is 0 Å². The van der Waals surface area contributed by atoms with Crippen LogP contribution >= 0.6 is 0 Å². The van der Waals surface area contributed by atoms with Crippen molar-refractivity contribution in [3.8, 4) is 0 Å². The summed E-state index contributed by atoms with van der Waals surface area (Å²) in [7, 11) is 1.67. The summed E-state index contributed by atoms with van der Waals surface area (Å²) in [5, 5.41) is 0. The fourth-order valence-electron chi connectivity index (χ4n) is 1.21. The van der Waals surface area contributed by atoms with Gasteiger partial charge in [-0.15, -0.1) is 0 Å². The largest absolute Gasteiger partial charge is 0.380 e. The third-order valence-corrected chi connectivity index (χ3v) is 2.43. The minimum Gasteiger partial charge on any atom is -0.380 e. The summed E-state index contributed by atoms with van der Waals surface area (Å²) in [5.41, 5.74) is 0. The van der Waals surface area contributed by atoms with Crippen molar-refractivity contribution in [2.45, 2.75) is 47.3 Å². The Balaban J connectivity index is 0. The van der Waals surface area contributed by atoms with Crippen molar-refractivity contribution in [2.24, 2.45) is 0 Å². The van der Waals surface area contributed by atoms with E-state index in [0.717, 1.165) is 6.54 Å². The predicted molar refractivity (Wildman–Crippen MR) is 55.7 cm³/mol. The Hall–Kier alpha value is -0.570. The molecule has 0 spiro atoms. The maximum atomic E-state index is 11.0. The molecule has 1 rings (SSSR count). The highest BCUT2D eigenvalue weighted by atomic mass is 16.5. The number of likely N-dealkylation sites (tertiary alicyclic amines) is 1. The zero-order valence-electron chi connectivity index (χ0n) is 7.33. The van der Waals surface area contributed by atoms with Crippen molar-refractivity contribution in [3.63, 3.8) is 0 Å². The third-order valence-electron chi connectivity index (χ3n) is 2.43. The van der Waals surface area contributed by atoms with Gasteiger partial charge in [0.1, 0.15) is 0 Å². The van der Waals surface area contributed by atoms with Crippen LogP contribution in [-0.2, 0) is 9.53 Å². The van der Waals surface area contributed by atoms with E-state index >= 15 is 0 Å². The first-order valence-electron chi connectivity index (χ1n) is 3.99. The van der Waals surface area contributed by atoms with Crippen LogP contribution in [0.15, 0.2) is 0 Å². The van der Waals surface area contributed by atoms with Crippen LogP contribution in [0.25, 0.3) is 0 Å². The number of rotatable bonds is 3. The number of ether oxygens (including phenoxy) is 1. The molecule has 2 unspecified atom stereocenters. The molecule has 0 N–H and O–H groups in total. The molecule has 0 bridgehead atoms. The van der Waals surface area contributed by atoms with E-state index in [9.17, 15) is 4.79 Å². The molecule has 1 aliphatic heterocycles. The quantitative estimate of drug-likeness (QED) is 0.635. The van der Waals surface area contributed by atoms with E-state index in [1.807, 2.05) is 18.7 Å². The maximum Gasteiger partial charge on any atom is 0.224 e. The van der Waals surface area contributed by atoms with E-state index in [1.165, 1.54) is 0 Å². The molecule has 0 aromatic heterocycles. The van der Waals surface area contributed by atoms with E-state index in [0.29, 0.717) is 6.42 Å². The molecule has 0 saturated carbocycles. The highest BCUT2D eigenvalue weighted by molar-refractivity contribution is 5.82. The molecule has 0 aromatic carbocycles. The van der Waals surface area contributed by atoms with Crippen LogP contribution in [0.5, 0.6) is 0 Å². The van der Waals surface area contributed by atoms with E-state index < -0.39 is 0 Å². The molecule has 3 nitrogen and oxygen atoms in total. The number of amides is 1. The van der Waals surface area contributed by atoms with Gasteiger partial charge in [-0.2, -0.15) is 0 Å². The fraction of sp³-hybridized carbons (Fsp3) is 0.900. The van der Waals surface area contributed by atoms with Gasteiger partial charge in [-0.1, -0.05) is 14.9 Å². The van der Waals surface area contributed by atoms with Gasteiger partial charge in [-0.25, -0.2) is 0 Å². The minimum atomic E-state index is 0. The first-order valence-corrected chi connectivity index (χ1v) is 3.99. The smallest absolute Gasteiger partial charge is 0.224 e. The molecule has 13 heavy (non-hydrogen) atoms. The Kier molecular flexibility index (Phi) is 6.86. The van der Waals surface area contributed by atoms with Crippen LogP contribution in [0.2, 0.25) is 0 Å². The average molecular weight is 189 g/mol. The molecule has 1 amide bonds. The van der Waals surface area contributed by atoms with Crippen LogP contribution in [0.3, 0.4) is 0 Å². The standard InChI is InChI=1S/C8H15NO2.2CH4/c1-6(7(2)11-3)9-5-4-8(9)10;;/h6-7H,4-5H2,1-3H3;2*1H4. The van der Waals surface area contributed by atoms with E-state index in [-0.39, 0.29) is 32.9 Å². The number of nitrogens with zero attached hydrogens (tertiary/aromatic N) is 1. The Morgan fingerprint density at radius 3 is 2.15 bits per heavy atom. The lowest BCUT2D eigenvalue weighted by Crippen LogP contribution is -2.52. The van der Waals surface area contributed by atoms with Gasteiger partial charge in [-0.3, -0.25) is 4.79 Å². The first-order chi connectivity index (χ1) is 5.16. The van der Waals surface area contributed by atoms with E-state index in [4.69, 9.17) is 4.74 Å². The zero-order chi connectivity index (χ0) is 8.43. The van der Waals surface area contributed by atoms with E-state index in [1.54, 1.807) is 7.11 Å². The number of hydrogen-bond acceptors (Lipinski definition) is 2. The lowest BCUT2D eigenvalue weighted by atomic mass is 10.1. The normalized spacial score (nSPS) is 19.3. The monoisotopic (exact) mass is 189 g/mol. The van der Waals surface area contributed by atoms with Crippen molar-refractivity contribution in [1.29, 1.82) is 0 Å². The van der Waals surface area contributed by atoms with Crippen molar-refractivity contribution < 1.29 is 9.53 Å². The lowest BCUT2D eigenvalue weighted by molar-refractivity contribution is -0.145. The van der Waals surface area contributed by atoms with Gasteiger partial charge in [0.15, 0.2) is 0 Å². The van der Waals surface area contributed by atoms with Gasteiger partial charge in [-0.05, 0) is 13.8 Å². The molecular formula is C10H23NO2. The summed E-state index contributed by atoms with van der Waals surface area (Å²) in [5.74, 6) is 0.251. The molecular weight excluding hydrogens is 166 g/mol. The van der Waals surface area contributed by atoms with Crippen molar-refractivity contribution in [3.05, 3.63) is 0 Å². The second kappa shape index (κ2) is 5.97. The van der Waals surface area contributed by atoms with Crippen molar-refractivity contribution in [2.75, 3.05) is 13.7 Å². The van der Waals surface area contributed by atoms with Gasteiger partial charge in [0, 0.05) is 20.1 Å². The van der Waals surface area contributed by atoms with Gasteiger partial charge >= 0.3 is 0 Å². The summed E-state index contributed by atoms with van der Waals surface area (Å²) in [6.07, 6.45) is 0.847. The highest BCUT2D eigenvalue weighted by Gasteiger charge is 2.31. The van der Waals surface area contributed by atoms with Gasteiger partial charge in [0.2, 0.25) is 5.91 Å². The molecule has 80 valence electrons. The molecule has 1 heterocycles. The van der Waals surface area contributed by atoms with Gasteiger partial charge < -0.3 is 9.64 Å². The maximum absolute atomic E-state index is 11.0. The Bertz CT molecular complexity index is 159. The summed E-state index contributed by atoms with van der Waals surface area (Å²) in [6, 6.07) is 0.223. The van der Waals surface area contributed by atoms with Crippen molar-refractivity contribution >= 4 is 5.91 Å². The van der Waals surface area contributed by atoms with Crippen LogP contribution < -0.4 is 0 Å². The molecule has 0 aromatic rings. The van der Waals surface area contributed by atoms with Crippen LogP contribution in [0.1, 0.15) is 35.1 Å². The summed E-state index contributed by atoms with van der Waals surface area (Å²) < 4.78 is 5.12. The minimum absolute atomic E-state index is 0. The summed E-state index contributed by atoms with van der Waals surface area (Å²) in [4.78, 5) is 12.8. The van der Waals surface area contributed by atoms with Gasteiger partial charge in [0.05, 0.1) is 12.1 Å². The molecule has 1 fully saturated rings. The number of β-lactam (4-membered cyclic amide) rings is 1. The number of carbonyl (C=O) groups excluding carboxylic acids is 1. The summed E-state index contributed by atoms with van der Waals surface area (Å²) >= 11 is 0. The molecule has 1 aliphatic rings. The van der Waals surface area contributed by atoms with Gasteiger partial charge in [0.25, 0.3) is 0 Å². The Labute approximate surface area is 82.1 Å². The lowest BCUT2D eigenvalue weighted by Gasteiger charge is -2.38. The number of hydrogen-bond donors (Lipinski definition) is 0. The predicted octanol–water partition coefficient (Wildman–Crippen LogP) is 1.91. The van der Waals surface area contributed by atoms with Crippen LogP contribution in [0, 0.1) is 0 Å². The first kappa shape index (κ1) is 14.9. The second-order valence-electron chi connectivity index (χ2n) is 3.02. The fourth-order valence-corrected chi connectivity index (χ4v) is 1.21. The zero-order valence-corrected chi connectivity index (χ0v) is 7.33. The number of carbonyl (C=O) groups is 1. The van der Waals surface area contributed by atoms with Crippen LogP contribution in [0.4, 0.5) is 0 Å². The number of methoxy groups -OCH3 is 1. The van der Waals surface area contributed by atoms with Crippen LogP contribution in [-0.4, -0.2) is 36.6 Å². The topological polar surface area (TPSA) is 29.5 Å².